The molecule has 104 valence electrons. The third-order valence-electron chi connectivity index (χ3n) is 2.92. The fraction of sp³-hybridized carbons (Fsp3) is 0.357. The third-order valence-corrected chi connectivity index (χ3v) is 2.92. The molecule has 0 radical (unpaired) electrons. The van der Waals surface area contributed by atoms with Crippen LogP contribution in [0.2, 0.25) is 0 Å². The summed E-state index contributed by atoms with van der Waals surface area (Å²) >= 11 is 0. The van der Waals surface area contributed by atoms with E-state index in [1.807, 2.05) is 0 Å². The summed E-state index contributed by atoms with van der Waals surface area (Å²) in [6, 6.07) is 2.77. The molecule has 3 N–H and O–H groups in total. The Bertz CT molecular complexity index is 575. The smallest absolute Gasteiger partial charge is 0.271 e. The van der Waals surface area contributed by atoms with Crippen LogP contribution >= 0.6 is 0 Å². The summed E-state index contributed by atoms with van der Waals surface area (Å²) in [6.07, 6.45) is 2.93. The molecular formula is C14H15N3O3. The summed E-state index contributed by atoms with van der Waals surface area (Å²) in [4.78, 5) is 27.8. The number of hydrogen-bond acceptors (Lipinski definition) is 4. The molecule has 1 atom stereocenters. The first-order valence-corrected chi connectivity index (χ1v) is 6.35. The number of nitrogens with one attached hydrogen (secondary N) is 2. The fourth-order valence-electron chi connectivity index (χ4n) is 1.96. The molecule has 2 amide bonds. The second-order valence-corrected chi connectivity index (χ2v) is 4.32. The molecule has 1 aromatic heterocycles. The van der Waals surface area contributed by atoms with E-state index in [-0.39, 0.29) is 18.2 Å². The third kappa shape index (κ3) is 3.33. The number of piperidine rings is 1. The molecule has 1 fully saturated rings. The van der Waals surface area contributed by atoms with E-state index < -0.39 is 11.9 Å². The summed E-state index contributed by atoms with van der Waals surface area (Å²) in [5.41, 5.74) is 0.585. The summed E-state index contributed by atoms with van der Waals surface area (Å²) in [6.45, 7) is 0.350. The topological polar surface area (TPSA) is 91.3 Å². The van der Waals surface area contributed by atoms with Crippen molar-refractivity contribution in [2.24, 2.45) is 0 Å². The second-order valence-electron chi connectivity index (χ2n) is 4.32. The van der Waals surface area contributed by atoms with Crippen molar-refractivity contribution in [1.29, 1.82) is 0 Å². The summed E-state index contributed by atoms with van der Waals surface area (Å²) < 4.78 is 0. The van der Waals surface area contributed by atoms with Crippen LogP contribution in [0.4, 0.5) is 0 Å². The predicted octanol–water partition coefficient (Wildman–Crippen LogP) is -0.566. The molecule has 0 bridgehead atoms. The van der Waals surface area contributed by atoms with Gasteiger partial charge >= 0.3 is 0 Å². The van der Waals surface area contributed by atoms with Gasteiger partial charge in [0.15, 0.2) is 0 Å². The first-order valence-electron chi connectivity index (χ1n) is 6.35. The maximum atomic E-state index is 12.2. The van der Waals surface area contributed by atoms with Gasteiger partial charge in [0.2, 0.25) is 5.91 Å². The summed E-state index contributed by atoms with van der Waals surface area (Å²) in [7, 11) is 0. The molecule has 6 nitrogen and oxygen atoms in total. The monoisotopic (exact) mass is 273 g/mol. The average molecular weight is 273 g/mol. The highest BCUT2D eigenvalue weighted by atomic mass is 16.2. The van der Waals surface area contributed by atoms with E-state index in [1.165, 1.54) is 6.20 Å². The Labute approximate surface area is 116 Å². The molecule has 0 aromatic carbocycles. The SMILES string of the molecule is O=C(NC1CCCNC1=O)c1ncccc1C#CCO. The lowest BCUT2D eigenvalue weighted by Crippen LogP contribution is -2.50. The van der Waals surface area contributed by atoms with Crippen LogP contribution in [-0.2, 0) is 4.79 Å². The zero-order valence-corrected chi connectivity index (χ0v) is 10.8. The number of rotatable bonds is 2. The molecule has 1 aliphatic rings. The van der Waals surface area contributed by atoms with Crippen molar-refractivity contribution in [1.82, 2.24) is 15.6 Å². The van der Waals surface area contributed by atoms with E-state index in [9.17, 15) is 9.59 Å². The number of hydrogen-bond donors (Lipinski definition) is 3. The molecule has 2 rings (SSSR count). The van der Waals surface area contributed by atoms with Gasteiger partial charge in [0.1, 0.15) is 18.3 Å². The van der Waals surface area contributed by atoms with Gasteiger partial charge < -0.3 is 15.7 Å². The van der Waals surface area contributed by atoms with Crippen molar-refractivity contribution in [3.63, 3.8) is 0 Å². The highest BCUT2D eigenvalue weighted by molar-refractivity contribution is 5.98. The number of aromatic nitrogens is 1. The number of nitrogens with zero attached hydrogens (tertiary/aromatic N) is 1. The Morgan fingerprint density at radius 2 is 2.45 bits per heavy atom. The lowest BCUT2D eigenvalue weighted by molar-refractivity contribution is -0.124. The molecule has 0 aliphatic carbocycles. The van der Waals surface area contributed by atoms with E-state index in [0.717, 1.165) is 6.42 Å². The van der Waals surface area contributed by atoms with E-state index in [0.29, 0.717) is 18.5 Å². The van der Waals surface area contributed by atoms with Crippen LogP contribution < -0.4 is 10.6 Å². The van der Waals surface area contributed by atoms with Crippen LogP contribution in [0, 0.1) is 11.8 Å². The van der Waals surface area contributed by atoms with Crippen LogP contribution in [-0.4, -0.2) is 41.1 Å². The molecule has 1 aliphatic heterocycles. The van der Waals surface area contributed by atoms with Gasteiger partial charge in [-0.3, -0.25) is 9.59 Å². The Morgan fingerprint density at radius 3 is 3.20 bits per heavy atom. The van der Waals surface area contributed by atoms with Gasteiger partial charge in [-0.25, -0.2) is 4.98 Å². The van der Waals surface area contributed by atoms with Gasteiger partial charge in [-0.1, -0.05) is 11.8 Å². The van der Waals surface area contributed by atoms with E-state index in [2.05, 4.69) is 27.5 Å². The van der Waals surface area contributed by atoms with Crippen molar-refractivity contribution in [3.05, 3.63) is 29.6 Å². The molecular weight excluding hydrogens is 258 g/mol. The van der Waals surface area contributed by atoms with Gasteiger partial charge in [0.25, 0.3) is 5.91 Å². The van der Waals surface area contributed by atoms with Crippen molar-refractivity contribution in [2.75, 3.05) is 13.2 Å². The molecule has 1 aromatic rings. The first-order chi connectivity index (χ1) is 9.72. The number of pyridine rings is 1. The van der Waals surface area contributed by atoms with Gasteiger partial charge in [0, 0.05) is 12.7 Å². The Kier molecular flexibility index (Phi) is 4.69. The zero-order chi connectivity index (χ0) is 14.4. The van der Waals surface area contributed by atoms with Crippen molar-refractivity contribution in [3.8, 4) is 11.8 Å². The zero-order valence-electron chi connectivity index (χ0n) is 10.8. The van der Waals surface area contributed by atoms with Gasteiger partial charge in [0.05, 0.1) is 5.56 Å². The second kappa shape index (κ2) is 6.68. The van der Waals surface area contributed by atoms with Crippen LogP contribution in [0.15, 0.2) is 18.3 Å². The molecule has 1 saturated heterocycles. The number of amides is 2. The molecule has 6 heteroatoms. The number of carbonyl (C=O) groups excluding carboxylic acids is 2. The van der Waals surface area contributed by atoms with Crippen LogP contribution in [0.25, 0.3) is 0 Å². The predicted molar refractivity (Wildman–Crippen MR) is 71.7 cm³/mol. The van der Waals surface area contributed by atoms with Crippen LogP contribution in [0.5, 0.6) is 0 Å². The Balaban J connectivity index is 2.14. The van der Waals surface area contributed by atoms with Crippen molar-refractivity contribution < 1.29 is 14.7 Å². The lowest BCUT2D eigenvalue weighted by atomic mass is 10.1. The minimum Gasteiger partial charge on any atom is -0.384 e. The van der Waals surface area contributed by atoms with Crippen LogP contribution in [0.1, 0.15) is 28.9 Å². The van der Waals surface area contributed by atoms with Gasteiger partial charge in [-0.15, -0.1) is 0 Å². The summed E-state index contributed by atoms with van der Waals surface area (Å²) in [5, 5.41) is 14.1. The molecule has 0 spiro atoms. The first kappa shape index (κ1) is 14.0. The molecule has 20 heavy (non-hydrogen) atoms. The minimum atomic E-state index is -0.531. The molecule has 2 heterocycles. The summed E-state index contributed by atoms with van der Waals surface area (Å²) in [5.74, 6) is 4.53. The van der Waals surface area contributed by atoms with Gasteiger partial charge in [-0.2, -0.15) is 0 Å². The largest absolute Gasteiger partial charge is 0.384 e. The molecule has 1 unspecified atom stereocenters. The van der Waals surface area contributed by atoms with Crippen molar-refractivity contribution >= 4 is 11.8 Å². The maximum Gasteiger partial charge on any atom is 0.271 e. The number of aliphatic hydroxyl groups excluding tert-OH is 1. The number of carbonyl (C=O) groups is 2. The van der Waals surface area contributed by atoms with E-state index in [4.69, 9.17) is 5.11 Å². The normalized spacial score (nSPS) is 17.6. The fourth-order valence-corrected chi connectivity index (χ4v) is 1.96. The van der Waals surface area contributed by atoms with E-state index in [1.54, 1.807) is 12.1 Å². The standard InChI is InChI=1S/C14H15N3O3/c18-9-3-5-10-4-1-7-15-12(10)14(20)17-11-6-2-8-16-13(11)19/h1,4,7,11,18H,2,6,8-9H2,(H,16,19)(H,17,20). The maximum absolute atomic E-state index is 12.2. The van der Waals surface area contributed by atoms with Gasteiger partial charge in [-0.05, 0) is 25.0 Å². The van der Waals surface area contributed by atoms with Crippen molar-refractivity contribution in [2.45, 2.75) is 18.9 Å². The van der Waals surface area contributed by atoms with Crippen LogP contribution in [0.3, 0.4) is 0 Å². The lowest BCUT2D eigenvalue weighted by Gasteiger charge is -2.22. The Hall–Kier alpha value is -2.39. The minimum absolute atomic E-state index is 0.159. The highest BCUT2D eigenvalue weighted by Crippen LogP contribution is 2.07. The highest BCUT2D eigenvalue weighted by Gasteiger charge is 2.25. The van der Waals surface area contributed by atoms with E-state index >= 15 is 0 Å². The average Bonchev–Trinajstić information content (AvgIpc) is 2.47. The quantitative estimate of drug-likeness (QED) is 0.630. The number of aliphatic hydroxyl groups is 1. The molecule has 0 saturated carbocycles. The Morgan fingerprint density at radius 1 is 1.60 bits per heavy atom.